The zero-order chi connectivity index (χ0) is 24.0. The van der Waals surface area contributed by atoms with Gasteiger partial charge in [-0.25, -0.2) is 13.2 Å². The van der Waals surface area contributed by atoms with Crippen molar-refractivity contribution in [2.24, 2.45) is 0 Å². The van der Waals surface area contributed by atoms with E-state index in [9.17, 15) is 18.0 Å². The van der Waals surface area contributed by atoms with Gasteiger partial charge in [0.25, 0.3) is 5.91 Å². The number of allylic oxidation sites excluding steroid dienone is 5. The summed E-state index contributed by atoms with van der Waals surface area (Å²) in [7, 11) is -1.57. The highest BCUT2D eigenvalue weighted by molar-refractivity contribution is 7.90. The molecule has 6 nitrogen and oxygen atoms in total. The molecule has 170 valence electrons. The smallest absolute Gasteiger partial charge is 0.323 e. The number of benzene rings is 1. The third kappa shape index (κ3) is 9.61. The molecule has 1 unspecified atom stereocenters. The van der Waals surface area contributed by atoms with Crippen molar-refractivity contribution >= 4 is 27.9 Å². The van der Waals surface area contributed by atoms with Crippen LogP contribution in [0, 0.1) is 0 Å². The van der Waals surface area contributed by atoms with Gasteiger partial charge >= 0.3 is 6.03 Å². The summed E-state index contributed by atoms with van der Waals surface area (Å²) in [5.74, 6) is -0.381. The average molecular weight is 447 g/mol. The predicted octanol–water partition coefficient (Wildman–Crippen LogP) is 4.72. The quantitative estimate of drug-likeness (QED) is 0.485. The highest BCUT2D eigenvalue weighted by Gasteiger charge is 2.34. The van der Waals surface area contributed by atoms with Crippen LogP contribution in [0.15, 0.2) is 72.2 Å². The van der Waals surface area contributed by atoms with Crippen LogP contribution in [0.5, 0.6) is 0 Å². The Kier molecular flexibility index (Phi) is 12.8. The summed E-state index contributed by atoms with van der Waals surface area (Å²) in [6.45, 7) is 11.7. The van der Waals surface area contributed by atoms with E-state index in [0.29, 0.717) is 12.1 Å². The molecule has 1 aliphatic heterocycles. The molecule has 7 heteroatoms. The van der Waals surface area contributed by atoms with E-state index in [4.69, 9.17) is 0 Å². The van der Waals surface area contributed by atoms with Crippen LogP contribution in [0.3, 0.4) is 0 Å². The average Bonchev–Trinajstić information content (AvgIpc) is 3.01. The summed E-state index contributed by atoms with van der Waals surface area (Å²) in [4.78, 5) is 26.8. The van der Waals surface area contributed by atoms with E-state index >= 15 is 0 Å². The van der Waals surface area contributed by atoms with Gasteiger partial charge in [0.15, 0.2) is 9.84 Å². The fourth-order valence-electron chi connectivity index (χ4n) is 2.37. The minimum absolute atomic E-state index is 0.00102. The van der Waals surface area contributed by atoms with Gasteiger partial charge in [-0.15, -0.1) is 0 Å². The second-order valence-electron chi connectivity index (χ2n) is 6.51. The van der Waals surface area contributed by atoms with E-state index in [1.54, 1.807) is 31.3 Å². The van der Waals surface area contributed by atoms with Gasteiger partial charge in [0.2, 0.25) is 0 Å². The molecule has 1 fully saturated rings. The molecule has 1 atom stereocenters. The van der Waals surface area contributed by atoms with Gasteiger partial charge in [-0.1, -0.05) is 62.9 Å². The first-order valence-corrected chi connectivity index (χ1v) is 12.0. The fraction of sp³-hybridized carbons (Fsp3) is 0.333. The number of hydrogen-bond donors (Lipinski definition) is 0. The highest BCUT2D eigenvalue weighted by atomic mass is 32.2. The van der Waals surface area contributed by atoms with E-state index < -0.39 is 9.84 Å². The number of hydrogen-bond acceptors (Lipinski definition) is 4. The number of carbonyl (C=O) groups is 2. The molecule has 1 saturated heterocycles. The van der Waals surface area contributed by atoms with Crippen molar-refractivity contribution in [2.45, 2.75) is 38.6 Å². The number of amides is 3. The number of nitrogens with zero attached hydrogens (tertiary/aromatic N) is 2. The first-order chi connectivity index (χ1) is 14.6. The topological polar surface area (TPSA) is 74.8 Å². The predicted molar refractivity (Wildman–Crippen MR) is 128 cm³/mol. The van der Waals surface area contributed by atoms with Crippen molar-refractivity contribution < 1.29 is 18.0 Å². The molecule has 3 amide bonds. The molecule has 0 aliphatic carbocycles. The van der Waals surface area contributed by atoms with E-state index in [1.807, 2.05) is 52.0 Å². The lowest BCUT2D eigenvalue weighted by Crippen LogP contribution is -2.33. The van der Waals surface area contributed by atoms with Crippen molar-refractivity contribution in [2.75, 3.05) is 19.8 Å². The fourth-order valence-corrected chi connectivity index (χ4v) is 3.00. The lowest BCUT2D eigenvalue weighted by Gasteiger charge is -2.12. The summed E-state index contributed by atoms with van der Waals surface area (Å²) < 4.78 is 22.7. The van der Waals surface area contributed by atoms with E-state index in [-0.39, 0.29) is 22.9 Å². The molecule has 1 aliphatic rings. The van der Waals surface area contributed by atoms with Crippen molar-refractivity contribution in [3.05, 3.63) is 72.9 Å². The maximum atomic E-state index is 12.0. The molecule has 0 saturated carbocycles. The Balaban J connectivity index is 0.000000852. The summed E-state index contributed by atoms with van der Waals surface area (Å²) in [5.41, 5.74) is 0.689. The maximum Gasteiger partial charge on any atom is 0.327 e. The number of rotatable bonds is 5. The number of urea groups is 1. The first kappa shape index (κ1) is 28.1. The van der Waals surface area contributed by atoms with Crippen LogP contribution >= 0.6 is 0 Å². The van der Waals surface area contributed by atoms with Gasteiger partial charge in [-0.3, -0.25) is 9.69 Å². The number of carbonyl (C=O) groups excluding carboxylic acids is 2. The number of imide groups is 1. The van der Waals surface area contributed by atoms with Gasteiger partial charge in [-0.05, 0) is 37.6 Å². The van der Waals surface area contributed by atoms with E-state index in [0.717, 1.165) is 6.26 Å². The summed E-state index contributed by atoms with van der Waals surface area (Å²) in [6.07, 6.45) is 13.5. The van der Waals surface area contributed by atoms with Gasteiger partial charge < -0.3 is 4.90 Å². The lowest BCUT2D eigenvalue weighted by molar-refractivity contribution is -0.122. The van der Waals surface area contributed by atoms with Crippen LogP contribution < -0.4 is 0 Å². The summed E-state index contributed by atoms with van der Waals surface area (Å²) in [6, 6.07) is 5.88. The molecule has 0 aromatic heterocycles. The van der Waals surface area contributed by atoms with E-state index in [2.05, 4.69) is 6.58 Å². The van der Waals surface area contributed by atoms with Crippen LogP contribution in [0.2, 0.25) is 0 Å². The molecule has 1 aromatic rings. The molecule has 31 heavy (non-hydrogen) atoms. The maximum absolute atomic E-state index is 12.0. The van der Waals surface area contributed by atoms with Gasteiger partial charge in [-0.2, -0.15) is 0 Å². The second kappa shape index (κ2) is 14.1. The van der Waals surface area contributed by atoms with Crippen LogP contribution in [0.4, 0.5) is 4.79 Å². The zero-order valence-electron chi connectivity index (χ0n) is 19.3. The van der Waals surface area contributed by atoms with Crippen molar-refractivity contribution in [1.29, 1.82) is 0 Å². The van der Waals surface area contributed by atoms with Crippen LogP contribution in [-0.2, 0) is 14.6 Å². The molecule has 0 spiro atoms. The molecule has 0 radical (unpaired) electrons. The van der Waals surface area contributed by atoms with Crippen molar-refractivity contribution in [3.8, 4) is 0 Å². The highest BCUT2D eigenvalue weighted by Crippen LogP contribution is 2.15. The lowest BCUT2D eigenvalue weighted by atomic mass is 10.2. The van der Waals surface area contributed by atoms with Gasteiger partial charge in [0.05, 0.1) is 11.4 Å². The Morgan fingerprint density at radius 3 is 2.13 bits per heavy atom. The largest absolute Gasteiger partial charge is 0.327 e. The summed E-state index contributed by atoms with van der Waals surface area (Å²) in [5, 5.41) is 0. The molecular formula is C24H34N2O4S. The zero-order valence-corrected chi connectivity index (χ0v) is 20.1. The molecule has 0 bridgehead atoms. The van der Waals surface area contributed by atoms with Crippen molar-refractivity contribution in [1.82, 2.24) is 9.80 Å². The molecular weight excluding hydrogens is 412 g/mol. The van der Waals surface area contributed by atoms with Crippen LogP contribution in [0.25, 0.3) is 6.08 Å². The van der Waals surface area contributed by atoms with Gasteiger partial charge in [0.1, 0.15) is 0 Å². The minimum atomic E-state index is -3.23. The van der Waals surface area contributed by atoms with Gasteiger partial charge in [0, 0.05) is 25.4 Å². The Morgan fingerprint density at radius 2 is 1.71 bits per heavy atom. The second-order valence-corrected chi connectivity index (χ2v) is 8.53. The van der Waals surface area contributed by atoms with E-state index in [1.165, 1.54) is 28.0 Å². The monoisotopic (exact) mass is 446 g/mol. The molecule has 1 heterocycles. The Labute approximate surface area is 187 Å². The third-order valence-corrected chi connectivity index (χ3v) is 5.31. The molecule has 0 N–H and O–H groups in total. The molecule has 2 rings (SSSR count). The summed E-state index contributed by atoms with van der Waals surface area (Å²) >= 11 is 0. The third-order valence-electron chi connectivity index (χ3n) is 4.18. The minimum Gasteiger partial charge on any atom is -0.323 e. The van der Waals surface area contributed by atoms with Crippen LogP contribution in [0.1, 0.15) is 33.3 Å². The Hall–Kier alpha value is -2.93. The Bertz CT molecular complexity index is 913. The first-order valence-electron chi connectivity index (χ1n) is 10.1. The number of likely N-dealkylation sites (N-methyl/N-ethyl adjacent to an activating group) is 1. The standard InChI is InChI=1S/C15H18N2O4S.C7H10.C2H6/c1-11-10-17(15(19)16(11)2)14(18)9-6-12-4-7-13(8-5-12)22(3,20)21;1-3-5-7-6-4-2;1-2/h4-9,11H,10H2,1-3H3;3-7H,1H2,2H3;1-2H3/b9-6+;6-4-,7-5-;. The Morgan fingerprint density at radius 1 is 1.13 bits per heavy atom. The SMILES string of the molecule is C=C/C=C\C=C/C.CC.CC1CN(C(=O)/C=C/c2ccc(S(C)(=O)=O)cc2)C(=O)N1C. The van der Waals surface area contributed by atoms with Crippen molar-refractivity contribution in [3.63, 3.8) is 0 Å². The molecule has 1 aromatic carbocycles. The normalized spacial score (nSPS) is 16.3. The number of sulfone groups is 1. The van der Waals surface area contributed by atoms with Crippen LogP contribution in [-0.4, -0.2) is 56.0 Å².